The Morgan fingerprint density at radius 2 is 1.97 bits per heavy atom. The first kappa shape index (κ1) is 31.0. The van der Waals surface area contributed by atoms with Crippen LogP contribution in [0.1, 0.15) is 40.8 Å². The number of hydrogen-bond acceptors (Lipinski definition) is 10. The molecule has 2 heterocycles. The summed E-state index contributed by atoms with van der Waals surface area (Å²) in [5, 5.41) is 13.7. The minimum Gasteiger partial charge on any atom is -0.462 e. The minimum atomic E-state index is -4.43. The van der Waals surface area contributed by atoms with Crippen LogP contribution in [0.3, 0.4) is 0 Å². The van der Waals surface area contributed by atoms with Gasteiger partial charge in [-0.15, -0.1) is 11.6 Å². The summed E-state index contributed by atoms with van der Waals surface area (Å²) in [5.41, 5.74) is 2.96. The molecule has 1 aromatic heterocycles. The molecule has 0 aliphatic carbocycles. The number of nitrogen functional groups attached to an aromatic ring is 1. The van der Waals surface area contributed by atoms with Crippen molar-refractivity contribution in [3.63, 3.8) is 0 Å². The summed E-state index contributed by atoms with van der Waals surface area (Å²) >= 11 is 6.49. The molecule has 15 heteroatoms. The lowest BCUT2D eigenvalue weighted by molar-refractivity contribution is -0.149. The number of nitrogens with one attached hydrogen (secondary N) is 1. The molecule has 2 aromatic rings. The van der Waals surface area contributed by atoms with Gasteiger partial charge in [0.25, 0.3) is 0 Å². The first-order valence-corrected chi connectivity index (χ1v) is 14.0. The van der Waals surface area contributed by atoms with Crippen LogP contribution in [0, 0.1) is 0 Å². The van der Waals surface area contributed by atoms with Gasteiger partial charge in [0.2, 0.25) is 0 Å². The minimum absolute atomic E-state index is 0.0781. The topological polar surface area (TPSA) is 164 Å². The maximum Gasteiger partial charge on any atom is 0.460 e. The Morgan fingerprint density at radius 3 is 2.54 bits per heavy atom. The molecular weight excluding hydrogens is 558 g/mol. The Labute approximate surface area is 230 Å². The van der Waals surface area contributed by atoms with Gasteiger partial charge in [0.15, 0.2) is 6.23 Å². The number of halogens is 2. The van der Waals surface area contributed by atoms with Crippen LogP contribution in [-0.4, -0.2) is 62.1 Å². The van der Waals surface area contributed by atoms with E-state index >= 15 is 0 Å². The van der Waals surface area contributed by atoms with Crippen LogP contribution < -0.4 is 21.0 Å². The molecule has 4 N–H and O–H groups in total. The number of hydrogen-bond donors (Lipinski definition) is 3. The summed E-state index contributed by atoms with van der Waals surface area (Å²) in [6.45, 7) is 6.23. The van der Waals surface area contributed by atoms with Crippen molar-refractivity contribution in [3.8, 4) is 5.75 Å². The highest BCUT2D eigenvalue weighted by Gasteiger charge is 2.62. The second kappa shape index (κ2) is 11.9. The molecule has 1 saturated heterocycles. The third kappa shape index (κ3) is 6.97. The lowest BCUT2D eigenvalue weighted by Gasteiger charge is -2.36. The molecule has 3 rings (SSSR count). The van der Waals surface area contributed by atoms with Crippen LogP contribution in [0.2, 0.25) is 0 Å². The number of esters is 1. The molecule has 1 aliphatic heterocycles. The third-order valence-electron chi connectivity index (χ3n) is 5.84. The fourth-order valence-electron chi connectivity index (χ4n) is 3.99. The molecule has 216 valence electrons. The summed E-state index contributed by atoms with van der Waals surface area (Å²) < 4.78 is 51.9. The fraction of sp³-hybridized carbons (Fsp3) is 0.542. The SMILES string of the molecule is CC(C)OC(=O)[C@H](C)NP(=O)(Oc1ccccc1)OC(C)(C)[C@H]1O[C@@H](n2ccc(N)nc2=O)[C@@](Cl)(CF)C1O. The van der Waals surface area contributed by atoms with E-state index in [-0.39, 0.29) is 11.6 Å². The van der Waals surface area contributed by atoms with E-state index in [0.717, 1.165) is 4.57 Å². The van der Waals surface area contributed by atoms with Crippen LogP contribution >= 0.6 is 19.3 Å². The molecule has 0 radical (unpaired) electrons. The Kier molecular flexibility index (Phi) is 9.47. The van der Waals surface area contributed by atoms with Crippen molar-refractivity contribution < 1.29 is 37.4 Å². The number of nitrogens with zero attached hydrogens (tertiary/aromatic N) is 2. The fourth-order valence-corrected chi connectivity index (χ4v) is 6.11. The van der Waals surface area contributed by atoms with E-state index in [9.17, 15) is 23.7 Å². The number of rotatable bonds is 11. The van der Waals surface area contributed by atoms with Gasteiger partial charge in [-0.3, -0.25) is 13.9 Å². The van der Waals surface area contributed by atoms with Gasteiger partial charge in [-0.1, -0.05) is 18.2 Å². The number of aromatic nitrogens is 2. The van der Waals surface area contributed by atoms with Gasteiger partial charge in [0.05, 0.1) is 6.10 Å². The number of carbonyl (C=O) groups is 1. The number of ether oxygens (including phenoxy) is 2. The number of benzene rings is 1. The molecule has 12 nitrogen and oxygen atoms in total. The van der Waals surface area contributed by atoms with Gasteiger partial charge < -0.3 is 24.8 Å². The molecule has 0 amide bonds. The summed E-state index contributed by atoms with van der Waals surface area (Å²) in [5.74, 6) is -0.646. The van der Waals surface area contributed by atoms with Gasteiger partial charge in [-0.25, -0.2) is 13.8 Å². The second-order valence-corrected chi connectivity index (χ2v) is 12.2. The van der Waals surface area contributed by atoms with Crippen molar-refractivity contribution in [1.29, 1.82) is 0 Å². The zero-order valence-electron chi connectivity index (χ0n) is 22.1. The maximum atomic E-state index is 14.3. The third-order valence-corrected chi connectivity index (χ3v) is 8.22. The van der Waals surface area contributed by atoms with Crippen LogP contribution in [0.5, 0.6) is 5.75 Å². The quantitative estimate of drug-likeness (QED) is 0.200. The Balaban J connectivity index is 1.95. The van der Waals surface area contributed by atoms with Crippen molar-refractivity contribution in [3.05, 3.63) is 53.1 Å². The highest BCUT2D eigenvalue weighted by atomic mass is 35.5. The van der Waals surface area contributed by atoms with Crippen LogP contribution in [0.15, 0.2) is 47.4 Å². The number of para-hydroxylation sites is 1. The van der Waals surface area contributed by atoms with E-state index in [4.69, 9.17) is 35.9 Å². The molecule has 0 bridgehead atoms. The average Bonchev–Trinajstić information content (AvgIpc) is 3.10. The zero-order valence-corrected chi connectivity index (χ0v) is 23.8. The lowest BCUT2D eigenvalue weighted by atomic mass is 9.91. The normalized spacial score (nSPS) is 25.7. The molecule has 0 saturated carbocycles. The van der Waals surface area contributed by atoms with Crippen molar-refractivity contribution in [2.45, 2.75) is 75.7 Å². The van der Waals surface area contributed by atoms with Crippen molar-refractivity contribution in [2.75, 3.05) is 12.4 Å². The highest BCUT2D eigenvalue weighted by molar-refractivity contribution is 7.52. The van der Waals surface area contributed by atoms with E-state index in [1.165, 1.54) is 45.2 Å². The van der Waals surface area contributed by atoms with E-state index < -0.39 is 67.1 Å². The molecular formula is C24H33ClFN4O8P. The highest BCUT2D eigenvalue weighted by Crippen LogP contribution is 2.53. The average molecular weight is 591 g/mol. The van der Waals surface area contributed by atoms with Crippen molar-refractivity contribution >= 4 is 31.1 Å². The number of alkyl halides is 2. The van der Waals surface area contributed by atoms with Crippen LogP contribution in [0.4, 0.5) is 10.2 Å². The summed E-state index contributed by atoms with van der Waals surface area (Å²) in [6, 6.07) is 8.17. The van der Waals surface area contributed by atoms with Crippen molar-refractivity contribution in [2.24, 2.45) is 0 Å². The number of aliphatic hydroxyl groups is 1. The van der Waals surface area contributed by atoms with E-state index in [0.29, 0.717) is 0 Å². The molecule has 1 aliphatic rings. The largest absolute Gasteiger partial charge is 0.462 e. The predicted molar refractivity (Wildman–Crippen MR) is 141 cm³/mol. The lowest BCUT2D eigenvalue weighted by Crippen LogP contribution is -2.51. The Morgan fingerprint density at radius 1 is 1.33 bits per heavy atom. The van der Waals surface area contributed by atoms with Crippen LogP contribution in [-0.2, 0) is 23.4 Å². The predicted octanol–water partition coefficient (Wildman–Crippen LogP) is 2.94. The summed E-state index contributed by atoms with van der Waals surface area (Å²) in [6.07, 6.45) is -3.96. The van der Waals surface area contributed by atoms with Crippen LogP contribution in [0.25, 0.3) is 0 Å². The molecule has 6 atom stereocenters. The molecule has 1 aromatic carbocycles. The smallest absolute Gasteiger partial charge is 0.460 e. The second-order valence-electron chi connectivity index (χ2n) is 9.89. The van der Waals surface area contributed by atoms with Gasteiger partial charge in [0, 0.05) is 6.20 Å². The molecule has 1 fully saturated rings. The Bertz CT molecular complexity index is 1270. The van der Waals surface area contributed by atoms with E-state index in [1.54, 1.807) is 32.0 Å². The number of nitrogens with two attached hydrogens (primary N) is 1. The van der Waals surface area contributed by atoms with Crippen molar-refractivity contribution in [1.82, 2.24) is 14.6 Å². The van der Waals surface area contributed by atoms with Gasteiger partial charge in [-0.05, 0) is 52.8 Å². The zero-order chi connectivity index (χ0) is 29.2. The summed E-state index contributed by atoms with van der Waals surface area (Å²) in [7, 11) is -4.43. The van der Waals surface area contributed by atoms with Gasteiger partial charge in [-0.2, -0.15) is 10.1 Å². The monoisotopic (exact) mass is 590 g/mol. The first-order valence-electron chi connectivity index (χ1n) is 12.1. The molecule has 2 unspecified atom stereocenters. The number of carbonyl (C=O) groups excluding carboxylic acids is 1. The first-order chi connectivity index (χ1) is 18.1. The Hall–Kier alpha value is -2.54. The van der Waals surface area contributed by atoms with Gasteiger partial charge in [0.1, 0.15) is 47.0 Å². The standard InChI is InChI=1S/C24H33ClFN4O8P/c1-14(2)35-20(32)15(3)29-39(34,37-16-9-7-6-8-10-16)38-23(4,5)19-18(31)24(25,13-26)21(36-19)30-12-11-17(27)28-22(30)33/h6-12,14-15,18-19,21,31H,13H2,1-5H3,(H,29,34)(H2,27,28,33)/t15-,18?,19-,21+,24+,39?/m0/s1. The maximum absolute atomic E-state index is 14.3. The molecule has 39 heavy (non-hydrogen) atoms. The van der Waals surface area contributed by atoms with E-state index in [1.807, 2.05) is 0 Å². The summed E-state index contributed by atoms with van der Waals surface area (Å²) in [4.78, 5) is 26.4. The molecule has 0 spiro atoms. The van der Waals surface area contributed by atoms with E-state index in [2.05, 4.69) is 10.1 Å². The number of anilines is 1. The van der Waals surface area contributed by atoms with Gasteiger partial charge >= 0.3 is 19.4 Å². The number of aliphatic hydroxyl groups excluding tert-OH is 1.